The van der Waals surface area contributed by atoms with Gasteiger partial charge in [0.05, 0.1) is 16.3 Å². The fourth-order valence-corrected chi connectivity index (χ4v) is 2.82. The monoisotopic (exact) mass is 314 g/mol. The summed E-state index contributed by atoms with van der Waals surface area (Å²) in [5, 5.41) is 0.873. The second kappa shape index (κ2) is 4.59. The zero-order chi connectivity index (χ0) is 16.2. The van der Waals surface area contributed by atoms with Crippen molar-refractivity contribution in [2.24, 2.45) is 0 Å². The Kier molecular flexibility index (Phi) is 2.75. The third-order valence-corrected chi connectivity index (χ3v) is 3.88. The van der Waals surface area contributed by atoms with Crippen LogP contribution in [0.2, 0.25) is 0 Å². The molecule has 23 heavy (non-hydrogen) atoms. The number of hydrogen-bond donors (Lipinski definition) is 0. The number of benzene rings is 3. The largest absolute Gasteiger partial charge is 0.456 e. The average Bonchev–Trinajstić information content (AvgIpc) is 2.52. The van der Waals surface area contributed by atoms with Crippen LogP contribution in [0, 0.1) is 0 Å². The fourth-order valence-electron chi connectivity index (χ4n) is 2.82. The first-order valence-corrected chi connectivity index (χ1v) is 6.91. The van der Waals surface area contributed by atoms with Crippen molar-refractivity contribution in [2.75, 3.05) is 0 Å². The van der Waals surface area contributed by atoms with Gasteiger partial charge in [-0.05, 0) is 41.1 Å². The van der Waals surface area contributed by atoms with E-state index in [2.05, 4.69) is 0 Å². The maximum Gasteiger partial charge on any atom is 0.417 e. The highest BCUT2D eigenvalue weighted by atomic mass is 19.4. The zero-order valence-corrected chi connectivity index (χ0v) is 11.6. The maximum absolute atomic E-state index is 13.2. The average molecular weight is 314 g/mol. The Balaban J connectivity index is 2.21. The Bertz CT molecular complexity index is 1120. The van der Waals surface area contributed by atoms with Crippen molar-refractivity contribution in [3.8, 4) is 0 Å². The van der Waals surface area contributed by atoms with Crippen LogP contribution >= 0.6 is 0 Å². The molecule has 0 radical (unpaired) electrons. The summed E-state index contributed by atoms with van der Waals surface area (Å²) in [6.45, 7) is 0. The Morgan fingerprint density at radius 1 is 0.783 bits per heavy atom. The quantitative estimate of drug-likeness (QED) is 0.422. The molecule has 4 aromatic rings. The summed E-state index contributed by atoms with van der Waals surface area (Å²) in [5.41, 5.74) is -0.401. The van der Waals surface area contributed by atoms with Gasteiger partial charge in [-0.25, -0.2) is 0 Å². The zero-order valence-electron chi connectivity index (χ0n) is 11.6. The van der Waals surface area contributed by atoms with Crippen LogP contribution in [0.5, 0.6) is 0 Å². The van der Waals surface area contributed by atoms with Crippen molar-refractivity contribution >= 4 is 32.7 Å². The van der Waals surface area contributed by atoms with Crippen LogP contribution in [0.15, 0.2) is 63.8 Å². The molecule has 0 aliphatic rings. The molecule has 0 atom stereocenters. The summed E-state index contributed by atoms with van der Waals surface area (Å²) in [4.78, 5) is 12.6. The summed E-state index contributed by atoms with van der Waals surface area (Å²) in [6, 6.07) is 13.4. The molecule has 0 spiro atoms. The summed E-state index contributed by atoms with van der Waals surface area (Å²) in [5.74, 6) is 0. The van der Waals surface area contributed by atoms with E-state index in [4.69, 9.17) is 4.42 Å². The number of rotatable bonds is 0. The molecule has 0 N–H and O–H groups in total. The van der Waals surface area contributed by atoms with E-state index in [9.17, 15) is 18.0 Å². The van der Waals surface area contributed by atoms with Crippen molar-refractivity contribution in [3.63, 3.8) is 0 Å². The van der Waals surface area contributed by atoms with Crippen molar-refractivity contribution in [2.45, 2.75) is 6.18 Å². The molecular formula is C18H9F3O2. The van der Waals surface area contributed by atoms with Gasteiger partial charge in [-0.2, -0.15) is 13.2 Å². The highest BCUT2D eigenvalue weighted by Gasteiger charge is 2.32. The summed E-state index contributed by atoms with van der Waals surface area (Å²) in [6.07, 6.45) is -4.48. The second-order valence-electron chi connectivity index (χ2n) is 5.30. The minimum Gasteiger partial charge on any atom is -0.456 e. The molecule has 0 aliphatic carbocycles. The van der Waals surface area contributed by atoms with Gasteiger partial charge in [-0.1, -0.05) is 24.3 Å². The predicted octanol–water partition coefficient (Wildman–Crippen LogP) is 5.12. The minimum atomic E-state index is -4.48. The van der Waals surface area contributed by atoms with Crippen LogP contribution in [0.3, 0.4) is 0 Å². The molecule has 0 saturated carbocycles. The number of halogens is 3. The molecule has 0 amide bonds. The topological polar surface area (TPSA) is 30.2 Å². The first-order valence-electron chi connectivity index (χ1n) is 6.91. The number of alkyl halides is 3. The molecule has 1 aromatic heterocycles. The van der Waals surface area contributed by atoms with Crippen LogP contribution < -0.4 is 5.43 Å². The van der Waals surface area contributed by atoms with Crippen molar-refractivity contribution in [1.29, 1.82) is 0 Å². The third kappa shape index (κ3) is 2.08. The highest BCUT2D eigenvalue weighted by Crippen LogP contribution is 2.36. The standard InChI is InChI=1S/C18H9F3O2/c19-18(20,21)14-6-3-4-10-8-16-13(9-12(10)14)17(22)11-5-1-2-7-15(11)23-16/h1-9H. The van der Waals surface area contributed by atoms with Crippen LogP contribution in [-0.4, -0.2) is 0 Å². The van der Waals surface area contributed by atoms with Gasteiger partial charge in [0.25, 0.3) is 0 Å². The fraction of sp³-hybridized carbons (Fsp3) is 0.0556. The van der Waals surface area contributed by atoms with Crippen molar-refractivity contribution in [1.82, 2.24) is 0 Å². The Morgan fingerprint density at radius 2 is 1.57 bits per heavy atom. The van der Waals surface area contributed by atoms with E-state index in [1.54, 1.807) is 30.3 Å². The molecule has 1 heterocycles. The molecule has 114 valence electrons. The highest BCUT2D eigenvalue weighted by molar-refractivity contribution is 6.00. The lowest BCUT2D eigenvalue weighted by Crippen LogP contribution is -2.07. The molecule has 0 aliphatic heterocycles. The smallest absolute Gasteiger partial charge is 0.417 e. The lowest BCUT2D eigenvalue weighted by atomic mass is 10.0. The summed E-state index contributed by atoms with van der Waals surface area (Å²) >= 11 is 0. The van der Waals surface area contributed by atoms with Gasteiger partial charge in [-0.3, -0.25) is 4.79 Å². The number of para-hydroxylation sites is 1. The van der Waals surface area contributed by atoms with Crippen LogP contribution in [0.4, 0.5) is 13.2 Å². The minimum absolute atomic E-state index is 0.00455. The van der Waals surface area contributed by atoms with Crippen molar-refractivity contribution < 1.29 is 17.6 Å². The van der Waals surface area contributed by atoms with E-state index < -0.39 is 11.7 Å². The summed E-state index contributed by atoms with van der Waals surface area (Å²) < 4.78 is 45.2. The third-order valence-electron chi connectivity index (χ3n) is 3.88. The Hall–Kier alpha value is -2.82. The number of hydrogen-bond acceptors (Lipinski definition) is 2. The van der Waals surface area contributed by atoms with Crippen LogP contribution in [-0.2, 0) is 6.18 Å². The molecule has 2 nitrogen and oxygen atoms in total. The van der Waals surface area contributed by atoms with Crippen LogP contribution in [0.25, 0.3) is 32.7 Å². The Labute approximate surface area is 127 Å². The first kappa shape index (κ1) is 13.8. The Morgan fingerprint density at radius 3 is 2.35 bits per heavy atom. The lowest BCUT2D eigenvalue weighted by molar-refractivity contribution is -0.136. The van der Waals surface area contributed by atoms with E-state index >= 15 is 0 Å². The molecule has 4 rings (SSSR count). The van der Waals surface area contributed by atoms with Gasteiger partial charge in [0, 0.05) is 0 Å². The normalized spacial score (nSPS) is 12.3. The first-order chi connectivity index (χ1) is 10.9. The van der Waals surface area contributed by atoms with Crippen molar-refractivity contribution in [3.05, 3.63) is 70.4 Å². The molecule has 0 fully saturated rings. The number of fused-ring (bicyclic) bond motifs is 3. The van der Waals surface area contributed by atoms with E-state index in [0.717, 1.165) is 6.07 Å². The van der Waals surface area contributed by atoms with Gasteiger partial charge < -0.3 is 4.42 Å². The molecular weight excluding hydrogens is 305 g/mol. The molecule has 0 unspecified atom stereocenters. The SMILES string of the molecule is O=c1c2ccccc2oc2cc3cccc(C(F)(F)F)c3cc12. The van der Waals surface area contributed by atoms with E-state index in [1.807, 2.05) is 0 Å². The molecule has 0 bridgehead atoms. The molecule has 5 heteroatoms. The van der Waals surface area contributed by atoms with E-state index in [1.165, 1.54) is 18.2 Å². The van der Waals surface area contributed by atoms with E-state index in [0.29, 0.717) is 16.4 Å². The van der Waals surface area contributed by atoms with Gasteiger partial charge in [-0.15, -0.1) is 0 Å². The summed E-state index contributed by atoms with van der Waals surface area (Å²) in [7, 11) is 0. The van der Waals surface area contributed by atoms with Gasteiger partial charge in [0.1, 0.15) is 11.2 Å². The lowest BCUT2D eigenvalue weighted by Gasteiger charge is -2.11. The molecule has 3 aromatic carbocycles. The van der Waals surface area contributed by atoms with E-state index in [-0.39, 0.29) is 21.8 Å². The van der Waals surface area contributed by atoms with Crippen LogP contribution in [0.1, 0.15) is 5.56 Å². The second-order valence-corrected chi connectivity index (χ2v) is 5.30. The predicted molar refractivity (Wildman–Crippen MR) is 82.5 cm³/mol. The van der Waals surface area contributed by atoms with Gasteiger partial charge in [0.2, 0.25) is 5.43 Å². The van der Waals surface area contributed by atoms with Gasteiger partial charge >= 0.3 is 6.18 Å². The molecule has 0 saturated heterocycles. The van der Waals surface area contributed by atoms with Gasteiger partial charge in [0.15, 0.2) is 0 Å². The maximum atomic E-state index is 13.2.